The Hall–Kier alpha value is -1.54. The van der Waals surface area contributed by atoms with Crippen LogP contribution < -0.4 is 10.1 Å². The van der Waals surface area contributed by atoms with Crippen LogP contribution in [0.3, 0.4) is 0 Å². The standard InChI is InChI=1S/C12H13BrN2O2/c1-8(2)11(12(16)15-7-14)17-10-5-3-9(13)4-6-10/h3-6,8,11H,1-2H3,(H,15,16). The first-order valence-corrected chi connectivity index (χ1v) is 5.95. The van der Waals surface area contributed by atoms with Crippen LogP contribution in [0.2, 0.25) is 0 Å². The van der Waals surface area contributed by atoms with Crippen LogP contribution in [0.15, 0.2) is 28.7 Å². The quantitative estimate of drug-likeness (QED) is 0.686. The second-order valence-corrected chi connectivity index (χ2v) is 4.75. The van der Waals surface area contributed by atoms with E-state index in [1.54, 1.807) is 18.3 Å². The molecule has 1 unspecified atom stereocenters. The van der Waals surface area contributed by atoms with Crippen LogP contribution in [0.25, 0.3) is 0 Å². The summed E-state index contributed by atoms with van der Waals surface area (Å²) in [7, 11) is 0. The molecule has 1 aromatic carbocycles. The zero-order valence-corrected chi connectivity index (χ0v) is 11.2. The third kappa shape index (κ3) is 4.08. The largest absolute Gasteiger partial charge is 0.480 e. The Labute approximate surface area is 109 Å². The van der Waals surface area contributed by atoms with Gasteiger partial charge in [0.25, 0.3) is 5.91 Å². The molecule has 0 saturated heterocycles. The van der Waals surface area contributed by atoms with Crippen LogP contribution in [0, 0.1) is 17.4 Å². The lowest BCUT2D eigenvalue weighted by molar-refractivity contribution is -0.128. The highest BCUT2D eigenvalue weighted by Crippen LogP contribution is 2.19. The summed E-state index contributed by atoms with van der Waals surface area (Å²) in [6.07, 6.45) is 0.940. The summed E-state index contributed by atoms with van der Waals surface area (Å²) >= 11 is 3.32. The lowest BCUT2D eigenvalue weighted by Gasteiger charge is -2.20. The minimum absolute atomic E-state index is 0.0213. The van der Waals surface area contributed by atoms with Crippen molar-refractivity contribution in [3.8, 4) is 11.9 Å². The molecule has 1 amide bonds. The average molecular weight is 297 g/mol. The maximum Gasteiger partial charge on any atom is 0.274 e. The topological polar surface area (TPSA) is 62.1 Å². The van der Waals surface area contributed by atoms with Crippen molar-refractivity contribution >= 4 is 21.8 Å². The molecule has 0 saturated carbocycles. The van der Waals surface area contributed by atoms with E-state index in [2.05, 4.69) is 21.2 Å². The van der Waals surface area contributed by atoms with Crippen LogP contribution in [0.1, 0.15) is 13.8 Å². The van der Waals surface area contributed by atoms with Crippen molar-refractivity contribution in [2.45, 2.75) is 20.0 Å². The van der Waals surface area contributed by atoms with Crippen molar-refractivity contribution in [1.29, 1.82) is 5.26 Å². The van der Waals surface area contributed by atoms with Gasteiger partial charge in [-0.25, -0.2) is 0 Å². The molecule has 0 aliphatic rings. The van der Waals surface area contributed by atoms with Crippen molar-refractivity contribution in [2.75, 3.05) is 0 Å². The van der Waals surface area contributed by atoms with Crippen molar-refractivity contribution in [2.24, 2.45) is 5.92 Å². The van der Waals surface area contributed by atoms with Gasteiger partial charge < -0.3 is 4.74 Å². The van der Waals surface area contributed by atoms with E-state index in [1.165, 1.54) is 0 Å². The molecule has 0 aliphatic carbocycles. The van der Waals surface area contributed by atoms with Gasteiger partial charge in [-0.05, 0) is 30.2 Å². The number of amides is 1. The Morgan fingerprint density at radius 3 is 2.47 bits per heavy atom. The summed E-state index contributed by atoms with van der Waals surface area (Å²) in [6.45, 7) is 3.72. The molecular formula is C12H13BrN2O2. The van der Waals surface area contributed by atoms with Crippen molar-refractivity contribution in [3.05, 3.63) is 28.7 Å². The van der Waals surface area contributed by atoms with E-state index >= 15 is 0 Å². The molecule has 0 radical (unpaired) electrons. The smallest absolute Gasteiger partial charge is 0.274 e. The van der Waals surface area contributed by atoms with Gasteiger partial charge in [0.15, 0.2) is 12.3 Å². The maximum atomic E-state index is 11.6. The van der Waals surface area contributed by atoms with Gasteiger partial charge in [0.05, 0.1) is 0 Å². The third-order valence-electron chi connectivity index (χ3n) is 2.12. The molecule has 1 rings (SSSR count). The molecule has 1 aromatic rings. The average Bonchev–Trinajstić information content (AvgIpc) is 2.28. The zero-order chi connectivity index (χ0) is 12.8. The fraction of sp³-hybridized carbons (Fsp3) is 0.333. The second-order valence-electron chi connectivity index (χ2n) is 3.84. The second kappa shape index (κ2) is 6.26. The van der Waals surface area contributed by atoms with Gasteiger partial charge in [0.2, 0.25) is 0 Å². The monoisotopic (exact) mass is 296 g/mol. The molecule has 0 aromatic heterocycles. The predicted octanol–water partition coefficient (Wildman–Crippen LogP) is 2.45. The fourth-order valence-electron chi connectivity index (χ4n) is 1.28. The van der Waals surface area contributed by atoms with Gasteiger partial charge in [-0.15, -0.1) is 0 Å². The molecule has 5 heteroatoms. The predicted molar refractivity (Wildman–Crippen MR) is 67.2 cm³/mol. The summed E-state index contributed by atoms with van der Waals surface area (Å²) in [5.74, 6) is 0.150. The van der Waals surface area contributed by atoms with Gasteiger partial charge in [-0.1, -0.05) is 29.8 Å². The number of carbonyl (C=O) groups is 1. The number of nitrogens with one attached hydrogen (secondary N) is 1. The molecule has 0 aliphatic heterocycles. The first-order valence-electron chi connectivity index (χ1n) is 5.15. The van der Waals surface area contributed by atoms with E-state index in [0.29, 0.717) is 5.75 Å². The Morgan fingerprint density at radius 1 is 1.41 bits per heavy atom. The van der Waals surface area contributed by atoms with E-state index < -0.39 is 12.0 Å². The Bertz CT molecular complexity index is 423. The number of benzene rings is 1. The van der Waals surface area contributed by atoms with Crippen LogP contribution >= 0.6 is 15.9 Å². The van der Waals surface area contributed by atoms with Crippen LogP contribution in [0.4, 0.5) is 0 Å². The summed E-state index contributed by atoms with van der Waals surface area (Å²) in [4.78, 5) is 11.6. The van der Waals surface area contributed by atoms with Crippen LogP contribution in [-0.2, 0) is 4.79 Å². The summed E-state index contributed by atoms with van der Waals surface area (Å²) in [6, 6.07) is 7.18. The van der Waals surface area contributed by atoms with Gasteiger partial charge in [0.1, 0.15) is 5.75 Å². The number of carbonyl (C=O) groups excluding carboxylic acids is 1. The summed E-state index contributed by atoms with van der Waals surface area (Å²) < 4.78 is 6.50. The zero-order valence-electron chi connectivity index (χ0n) is 9.61. The summed E-state index contributed by atoms with van der Waals surface area (Å²) in [5.41, 5.74) is 0. The normalized spacial score (nSPS) is 11.7. The molecule has 0 spiro atoms. The van der Waals surface area contributed by atoms with Gasteiger partial charge in [0, 0.05) is 4.47 Å². The van der Waals surface area contributed by atoms with Gasteiger partial charge >= 0.3 is 0 Å². The van der Waals surface area contributed by atoms with Crippen LogP contribution in [-0.4, -0.2) is 12.0 Å². The maximum absolute atomic E-state index is 11.6. The molecular weight excluding hydrogens is 284 g/mol. The first kappa shape index (κ1) is 13.5. The number of halogens is 1. The van der Waals surface area contributed by atoms with Gasteiger partial charge in [-0.2, -0.15) is 5.26 Å². The highest BCUT2D eigenvalue weighted by Gasteiger charge is 2.23. The SMILES string of the molecule is CC(C)C(Oc1ccc(Br)cc1)C(=O)NC#N. The Kier molecular flexibility index (Phi) is 4.98. The molecule has 0 heterocycles. The lowest BCUT2D eigenvalue weighted by Crippen LogP contribution is -2.39. The molecule has 1 N–H and O–H groups in total. The highest BCUT2D eigenvalue weighted by atomic mass is 79.9. The lowest BCUT2D eigenvalue weighted by atomic mass is 10.1. The van der Waals surface area contributed by atoms with Gasteiger partial charge in [-0.3, -0.25) is 10.1 Å². The minimum atomic E-state index is -0.671. The number of nitriles is 1. The van der Waals surface area contributed by atoms with E-state index in [4.69, 9.17) is 10.00 Å². The molecule has 17 heavy (non-hydrogen) atoms. The number of rotatable bonds is 4. The van der Waals surface area contributed by atoms with Crippen LogP contribution in [0.5, 0.6) is 5.75 Å². The highest BCUT2D eigenvalue weighted by molar-refractivity contribution is 9.10. The van der Waals surface area contributed by atoms with E-state index in [-0.39, 0.29) is 5.92 Å². The number of ether oxygens (including phenoxy) is 1. The Morgan fingerprint density at radius 2 is 2.00 bits per heavy atom. The van der Waals surface area contributed by atoms with Crippen molar-refractivity contribution in [3.63, 3.8) is 0 Å². The van der Waals surface area contributed by atoms with Crippen molar-refractivity contribution < 1.29 is 9.53 Å². The molecule has 0 fully saturated rings. The number of nitrogens with zero attached hydrogens (tertiary/aromatic N) is 1. The summed E-state index contributed by atoms with van der Waals surface area (Å²) in [5, 5.41) is 10.5. The van der Waals surface area contributed by atoms with E-state index in [9.17, 15) is 4.79 Å². The third-order valence-corrected chi connectivity index (χ3v) is 2.65. The van der Waals surface area contributed by atoms with Crippen molar-refractivity contribution in [1.82, 2.24) is 5.32 Å². The van der Waals surface area contributed by atoms with E-state index in [0.717, 1.165) is 4.47 Å². The molecule has 4 nitrogen and oxygen atoms in total. The number of hydrogen-bond acceptors (Lipinski definition) is 3. The van der Waals surface area contributed by atoms with E-state index in [1.807, 2.05) is 26.0 Å². The fourth-order valence-corrected chi connectivity index (χ4v) is 1.54. The minimum Gasteiger partial charge on any atom is -0.480 e. The molecule has 1 atom stereocenters. The number of hydrogen-bond donors (Lipinski definition) is 1. The first-order chi connectivity index (χ1) is 8.04. The molecule has 0 bridgehead atoms. The molecule has 90 valence electrons. The Balaban J connectivity index is 2.77.